The normalized spacial score (nSPS) is 12.0. The molecule has 0 aliphatic rings. The van der Waals surface area contributed by atoms with E-state index in [0.717, 1.165) is 0 Å². The van der Waals surface area contributed by atoms with Crippen LogP contribution < -0.4 is 10.1 Å². The molecule has 0 spiro atoms. The fourth-order valence-corrected chi connectivity index (χ4v) is 1.90. The second kappa shape index (κ2) is 5.69. The molecule has 0 saturated carbocycles. The van der Waals surface area contributed by atoms with Crippen molar-refractivity contribution in [2.24, 2.45) is 0 Å². The molecule has 19 heavy (non-hydrogen) atoms. The summed E-state index contributed by atoms with van der Waals surface area (Å²) in [7, 11) is 1.41. The van der Waals surface area contributed by atoms with Crippen molar-refractivity contribution < 1.29 is 13.5 Å². The van der Waals surface area contributed by atoms with Crippen molar-refractivity contribution in [1.29, 1.82) is 0 Å². The minimum absolute atomic E-state index is 0.158. The predicted molar refractivity (Wildman–Crippen MR) is 71.4 cm³/mol. The fourth-order valence-electron chi connectivity index (χ4n) is 1.90. The van der Waals surface area contributed by atoms with E-state index in [0.29, 0.717) is 11.3 Å². The van der Waals surface area contributed by atoms with Crippen LogP contribution in [0.5, 0.6) is 5.75 Å². The molecular weight excluding hydrogens is 248 g/mol. The van der Waals surface area contributed by atoms with Gasteiger partial charge in [-0.3, -0.25) is 0 Å². The number of methoxy groups -OCH3 is 1. The molecule has 4 heteroatoms. The van der Waals surface area contributed by atoms with E-state index in [1.54, 1.807) is 30.3 Å². The van der Waals surface area contributed by atoms with Gasteiger partial charge in [0.25, 0.3) is 0 Å². The summed E-state index contributed by atoms with van der Waals surface area (Å²) in [6.45, 7) is 1.84. The Morgan fingerprint density at radius 3 is 2.47 bits per heavy atom. The minimum atomic E-state index is -0.424. The third kappa shape index (κ3) is 3.02. The highest BCUT2D eigenvalue weighted by atomic mass is 19.1. The highest BCUT2D eigenvalue weighted by Crippen LogP contribution is 2.26. The summed E-state index contributed by atoms with van der Waals surface area (Å²) >= 11 is 0. The highest BCUT2D eigenvalue weighted by Gasteiger charge is 2.11. The van der Waals surface area contributed by atoms with E-state index in [1.807, 2.05) is 6.92 Å². The number of nitrogens with one attached hydrogen (secondary N) is 1. The maximum absolute atomic E-state index is 13.6. The van der Waals surface area contributed by atoms with Gasteiger partial charge in [-0.05, 0) is 25.1 Å². The summed E-state index contributed by atoms with van der Waals surface area (Å²) in [4.78, 5) is 0. The van der Waals surface area contributed by atoms with E-state index in [2.05, 4.69) is 5.32 Å². The fraction of sp³-hybridized carbons (Fsp3) is 0.200. The number of hydrogen-bond acceptors (Lipinski definition) is 2. The van der Waals surface area contributed by atoms with Crippen LogP contribution in [0.15, 0.2) is 42.5 Å². The third-order valence-corrected chi connectivity index (χ3v) is 2.91. The van der Waals surface area contributed by atoms with Gasteiger partial charge in [-0.15, -0.1) is 0 Å². The Kier molecular flexibility index (Phi) is 4.00. The summed E-state index contributed by atoms with van der Waals surface area (Å²) in [6, 6.07) is 10.8. The first-order valence-electron chi connectivity index (χ1n) is 5.96. The van der Waals surface area contributed by atoms with Crippen LogP contribution in [0.1, 0.15) is 18.5 Å². The van der Waals surface area contributed by atoms with Crippen molar-refractivity contribution in [2.75, 3.05) is 12.4 Å². The molecule has 0 amide bonds. The average molecular weight is 263 g/mol. The summed E-state index contributed by atoms with van der Waals surface area (Å²) < 4.78 is 31.8. The summed E-state index contributed by atoms with van der Waals surface area (Å²) in [5.41, 5.74) is 1.24. The molecule has 0 bridgehead atoms. The Morgan fingerprint density at radius 1 is 1.05 bits per heavy atom. The topological polar surface area (TPSA) is 21.3 Å². The molecule has 2 nitrogen and oxygen atoms in total. The van der Waals surface area contributed by atoms with E-state index in [1.165, 1.54) is 19.2 Å². The molecule has 0 saturated heterocycles. The largest absolute Gasteiger partial charge is 0.494 e. The number of rotatable bonds is 4. The lowest BCUT2D eigenvalue weighted by Gasteiger charge is -2.17. The second-order valence-corrected chi connectivity index (χ2v) is 4.24. The van der Waals surface area contributed by atoms with Crippen LogP contribution in [0.3, 0.4) is 0 Å². The van der Waals surface area contributed by atoms with Crippen LogP contribution in [-0.4, -0.2) is 7.11 Å². The standard InChI is InChI=1S/C15H15F2NO/c1-10(12-5-3-4-6-13(12)16)18-11-7-8-14(17)15(9-11)19-2/h3-10,18H,1-2H3. The molecule has 2 rings (SSSR count). The molecule has 0 aliphatic heterocycles. The van der Waals surface area contributed by atoms with Crippen LogP contribution in [0.25, 0.3) is 0 Å². The average Bonchev–Trinajstić information content (AvgIpc) is 2.41. The van der Waals surface area contributed by atoms with Gasteiger partial charge in [0, 0.05) is 17.3 Å². The first kappa shape index (κ1) is 13.3. The van der Waals surface area contributed by atoms with Crippen molar-refractivity contribution in [3.8, 4) is 5.75 Å². The quantitative estimate of drug-likeness (QED) is 0.894. The maximum Gasteiger partial charge on any atom is 0.165 e. The molecule has 100 valence electrons. The summed E-state index contributed by atoms with van der Waals surface area (Å²) in [5, 5.41) is 3.11. The lowest BCUT2D eigenvalue weighted by Crippen LogP contribution is -2.08. The smallest absolute Gasteiger partial charge is 0.165 e. The van der Waals surface area contributed by atoms with Gasteiger partial charge in [-0.25, -0.2) is 8.78 Å². The van der Waals surface area contributed by atoms with E-state index in [9.17, 15) is 8.78 Å². The van der Waals surface area contributed by atoms with Gasteiger partial charge in [0.1, 0.15) is 5.82 Å². The minimum Gasteiger partial charge on any atom is -0.494 e. The van der Waals surface area contributed by atoms with Gasteiger partial charge in [0.2, 0.25) is 0 Å². The van der Waals surface area contributed by atoms with Crippen LogP contribution in [0.2, 0.25) is 0 Å². The Labute approximate surface area is 111 Å². The lowest BCUT2D eigenvalue weighted by atomic mass is 10.1. The Balaban J connectivity index is 2.19. The molecule has 0 fully saturated rings. The number of anilines is 1. The van der Waals surface area contributed by atoms with Crippen LogP contribution in [0, 0.1) is 11.6 Å². The van der Waals surface area contributed by atoms with E-state index < -0.39 is 5.82 Å². The van der Waals surface area contributed by atoms with E-state index in [4.69, 9.17) is 4.74 Å². The zero-order valence-corrected chi connectivity index (χ0v) is 10.8. The van der Waals surface area contributed by atoms with Crippen molar-refractivity contribution in [3.05, 3.63) is 59.7 Å². The molecule has 0 aliphatic carbocycles. The van der Waals surface area contributed by atoms with Crippen molar-refractivity contribution in [3.63, 3.8) is 0 Å². The highest BCUT2D eigenvalue weighted by molar-refractivity contribution is 5.50. The first-order valence-corrected chi connectivity index (χ1v) is 5.96. The van der Waals surface area contributed by atoms with Gasteiger partial charge >= 0.3 is 0 Å². The van der Waals surface area contributed by atoms with Crippen molar-refractivity contribution in [2.45, 2.75) is 13.0 Å². The molecule has 2 aromatic carbocycles. The van der Waals surface area contributed by atoms with E-state index >= 15 is 0 Å². The second-order valence-electron chi connectivity index (χ2n) is 4.24. The van der Waals surface area contributed by atoms with Gasteiger partial charge < -0.3 is 10.1 Å². The summed E-state index contributed by atoms with van der Waals surface area (Å²) in [5.74, 6) is -0.533. The molecule has 2 aromatic rings. The predicted octanol–water partition coefficient (Wildman–Crippen LogP) is 4.15. The molecule has 1 N–H and O–H groups in total. The number of benzene rings is 2. The van der Waals surface area contributed by atoms with Crippen molar-refractivity contribution in [1.82, 2.24) is 0 Å². The molecule has 0 aromatic heterocycles. The van der Waals surface area contributed by atoms with Gasteiger partial charge in [0.15, 0.2) is 11.6 Å². The van der Waals surface area contributed by atoms with Crippen LogP contribution in [-0.2, 0) is 0 Å². The lowest BCUT2D eigenvalue weighted by molar-refractivity contribution is 0.387. The number of hydrogen-bond donors (Lipinski definition) is 1. The Hall–Kier alpha value is -2.10. The first-order chi connectivity index (χ1) is 9.11. The Morgan fingerprint density at radius 2 is 1.79 bits per heavy atom. The number of ether oxygens (including phenoxy) is 1. The molecular formula is C15H15F2NO. The monoisotopic (exact) mass is 263 g/mol. The molecule has 1 atom stereocenters. The zero-order valence-electron chi connectivity index (χ0n) is 10.8. The Bertz CT molecular complexity index is 572. The van der Waals surface area contributed by atoms with Crippen LogP contribution >= 0.6 is 0 Å². The SMILES string of the molecule is COc1cc(NC(C)c2ccccc2F)ccc1F. The number of halogens is 2. The van der Waals surface area contributed by atoms with Crippen LogP contribution in [0.4, 0.5) is 14.5 Å². The van der Waals surface area contributed by atoms with E-state index in [-0.39, 0.29) is 17.6 Å². The zero-order chi connectivity index (χ0) is 13.8. The third-order valence-electron chi connectivity index (χ3n) is 2.91. The molecule has 1 unspecified atom stereocenters. The summed E-state index contributed by atoms with van der Waals surface area (Å²) in [6.07, 6.45) is 0. The molecule has 0 heterocycles. The molecule has 0 radical (unpaired) electrons. The van der Waals surface area contributed by atoms with Crippen molar-refractivity contribution >= 4 is 5.69 Å². The van der Waals surface area contributed by atoms with Gasteiger partial charge in [-0.2, -0.15) is 0 Å². The maximum atomic E-state index is 13.6. The van der Waals surface area contributed by atoms with Gasteiger partial charge in [-0.1, -0.05) is 18.2 Å². The van der Waals surface area contributed by atoms with Gasteiger partial charge in [0.05, 0.1) is 13.2 Å².